The van der Waals surface area contributed by atoms with Crippen LogP contribution in [0.3, 0.4) is 0 Å². The summed E-state index contributed by atoms with van der Waals surface area (Å²) in [7, 11) is 0. The van der Waals surface area contributed by atoms with Gasteiger partial charge in [0.2, 0.25) is 5.91 Å². The number of carbonyl (C=O) groups is 1. The summed E-state index contributed by atoms with van der Waals surface area (Å²) in [5.41, 5.74) is 0. The fourth-order valence-corrected chi connectivity index (χ4v) is 7.84. The first-order valence-electron chi connectivity index (χ1n) is 24.3. The lowest BCUT2D eigenvalue weighted by molar-refractivity contribution is -0.302. The number of rotatable bonds is 40. The Labute approximate surface area is 350 Å². The molecule has 0 aromatic rings. The van der Waals surface area contributed by atoms with Gasteiger partial charge >= 0.3 is 0 Å². The highest BCUT2D eigenvalue weighted by atomic mass is 16.7. The third-order valence-electron chi connectivity index (χ3n) is 12.2. The maximum absolute atomic E-state index is 13.0. The topological polar surface area (TPSA) is 149 Å². The quantitative estimate of drug-likeness (QED) is 0.0265. The summed E-state index contributed by atoms with van der Waals surface area (Å²) >= 11 is 0. The van der Waals surface area contributed by atoms with Crippen molar-refractivity contribution in [2.45, 2.75) is 269 Å². The van der Waals surface area contributed by atoms with E-state index in [1.807, 2.05) is 6.08 Å². The van der Waals surface area contributed by atoms with Crippen LogP contribution in [0.25, 0.3) is 0 Å². The standard InChI is InChI=1S/C48H93NO8/c1-4-6-7-8-9-10-11-12-13-14-15-16-17-18-19-20-21-22-23-28-31-34-37-44(52)49-41(39-56-48-47(55)46(54)45(53)43(38-50)57-48)42(51)36-33-30-27-25-24-26-29-32-35-40(3)5-2/h33,36,40-43,45-48,50-51,53-55H,4-32,34-35,37-39H2,1-3H3,(H,49,52)/b36-33+/t40?,41-,42+,43+,45+,46-,47+,48+/m0/s1. The highest BCUT2D eigenvalue weighted by Gasteiger charge is 2.44. The molecule has 9 nitrogen and oxygen atoms in total. The number of unbranched alkanes of at least 4 members (excludes halogenated alkanes) is 27. The van der Waals surface area contributed by atoms with Crippen molar-refractivity contribution in [3.63, 3.8) is 0 Å². The van der Waals surface area contributed by atoms with Gasteiger partial charge in [-0.15, -0.1) is 0 Å². The Morgan fingerprint density at radius 1 is 0.649 bits per heavy atom. The van der Waals surface area contributed by atoms with Crippen molar-refractivity contribution in [2.75, 3.05) is 13.2 Å². The highest BCUT2D eigenvalue weighted by molar-refractivity contribution is 5.76. The Kier molecular flexibility index (Phi) is 35.9. The monoisotopic (exact) mass is 812 g/mol. The van der Waals surface area contributed by atoms with E-state index in [0.29, 0.717) is 6.42 Å². The van der Waals surface area contributed by atoms with Gasteiger partial charge in [-0.2, -0.15) is 0 Å². The molecular formula is C48H93NO8. The molecule has 6 N–H and O–H groups in total. The van der Waals surface area contributed by atoms with Crippen molar-refractivity contribution in [2.24, 2.45) is 5.92 Å². The molecule has 1 saturated heterocycles. The summed E-state index contributed by atoms with van der Waals surface area (Å²) in [6.45, 7) is 6.11. The van der Waals surface area contributed by atoms with Crippen molar-refractivity contribution in [1.82, 2.24) is 5.32 Å². The zero-order chi connectivity index (χ0) is 41.8. The second kappa shape index (κ2) is 37.9. The lowest BCUT2D eigenvalue weighted by Crippen LogP contribution is -2.60. The third-order valence-corrected chi connectivity index (χ3v) is 12.2. The summed E-state index contributed by atoms with van der Waals surface area (Å²) in [6, 6.07) is -0.800. The minimum absolute atomic E-state index is 0.175. The van der Waals surface area contributed by atoms with Gasteiger partial charge in [0.05, 0.1) is 25.4 Å². The zero-order valence-electron chi connectivity index (χ0n) is 37.3. The van der Waals surface area contributed by atoms with Crippen molar-refractivity contribution < 1.29 is 39.8 Å². The number of ether oxygens (including phenoxy) is 2. The smallest absolute Gasteiger partial charge is 0.220 e. The number of amides is 1. The minimum Gasteiger partial charge on any atom is -0.394 e. The van der Waals surface area contributed by atoms with Crippen LogP contribution in [-0.2, 0) is 14.3 Å². The number of hydrogen-bond acceptors (Lipinski definition) is 8. The number of nitrogens with one attached hydrogen (secondary N) is 1. The van der Waals surface area contributed by atoms with Gasteiger partial charge in [0.1, 0.15) is 24.4 Å². The average Bonchev–Trinajstić information content (AvgIpc) is 3.21. The molecule has 0 bridgehead atoms. The molecule has 1 fully saturated rings. The van der Waals surface area contributed by atoms with Crippen molar-refractivity contribution in [3.05, 3.63) is 12.2 Å². The SMILES string of the molecule is CCCCCCCCCCCCCCCCCCCCCCCCC(=O)N[C@@H](CO[C@@H]1O[C@H](CO)[C@@H](O)[C@H](O)[C@H]1O)[C@H](O)/C=C/CCCCCCCCC(C)CC. The molecule has 0 aromatic heterocycles. The molecule has 0 aromatic carbocycles. The Morgan fingerprint density at radius 2 is 1.11 bits per heavy atom. The van der Waals surface area contributed by atoms with Crippen LogP contribution in [0.2, 0.25) is 0 Å². The Hall–Kier alpha value is -1.07. The van der Waals surface area contributed by atoms with Crippen LogP contribution in [0.15, 0.2) is 12.2 Å². The van der Waals surface area contributed by atoms with Crippen LogP contribution in [0.1, 0.15) is 226 Å². The number of hydrogen-bond donors (Lipinski definition) is 6. The van der Waals surface area contributed by atoms with Crippen LogP contribution in [-0.4, -0.2) is 87.5 Å². The fourth-order valence-electron chi connectivity index (χ4n) is 7.84. The molecule has 0 saturated carbocycles. The van der Waals surface area contributed by atoms with Gasteiger partial charge in [0.25, 0.3) is 0 Å². The molecule has 1 unspecified atom stereocenters. The molecule has 0 radical (unpaired) electrons. The third kappa shape index (κ3) is 28.9. The van der Waals surface area contributed by atoms with Crippen LogP contribution < -0.4 is 5.32 Å². The van der Waals surface area contributed by atoms with Gasteiger partial charge in [-0.1, -0.05) is 213 Å². The number of aliphatic hydroxyl groups excluding tert-OH is 5. The van der Waals surface area contributed by atoms with E-state index in [4.69, 9.17) is 9.47 Å². The predicted molar refractivity (Wildman–Crippen MR) is 235 cm³/mol. The van der Waals surface area contributed by atoms with E-state index in [2.05, 4.69) is 26.1 Å². The summed E-state index contributed by atoms with van der Waals surface area (Å²) in [5.74, 6) is 0.641. The average molecular weight is 812 g/mol. The van der Waals surface area contributed by atoms with Gasteiger partial charge in [-0.3, -0.25) is 4.79 Å². The summed E-state index contributed by atoms with van der Waals surface area (Å²) in [5, 5.41) is 54.2. The first-order chi connectivity index (χ1) is 27.7. The molecule has 338 valence electrons. The zero-order valence-corrected chi connectivity index (χ0v) is 37.3. The molecule has 1 heterocycles. The van der Waals surface area contributed by atoms with Gasteiger partial charge in [0, 0.05) is 6.42 Å². The summed E-state index contributed by atoms with van der Waals surface area (Å²) in [6.07, 6.45) is 35.5. The first-order valence-corrected chi connectivity index (χ1v) is 24.3. The molecule has 1 rings (SSSR count). The van der Waals surface area contributed by atoms with E-state index >= 15 is 0 Å². The largest absolute Gasteiger partial charge is 0.394 e. The van der Waals surface area contributed by atoms with Gasteiger partial charge < -0.3 is 40.3 Å². The van der Waals surface area contributed by atoms with E-state index in [9.17, 15) is 30.3 Å². The van der Waals surface area contributed by atoms with E-state index in [-0.39, 0.29) is 12.5 Å². The summed E-state index contributed by atoms with van der Waals surface area (Å²) < 4.78 is 11.2. The van der Waals surface area contributed by atoms with Crippen LogP contribution in [0.5, 0.6) is 0 Å². The van der Waals surface area contributed by atoms with E-state index in [1.54, 1.807) is 6.08 Å². The van der Waals surface area contributed by atoms with Gasteiger partial charge in [-0.25, -0.2) is 0 Å². The van der Waals surface area contributed by atoms with E-state index < -0.39 is 49.5 Å². The predicted octanol–water partition coefficient (Wildman–Crippen LogP) is 10.4. The second-order valence-corrected chi connectivity index (χ2v) is 17.5. The number of allylic oxidation sites excluding steroid dienone is 1. The van der Waals surface area contributed by atoms with Crippen LogP contribution in [0.4, 0.5) is 0 Å². The molecule has 8 atom stereocenters. The minimum atomic E-state index is -1.56. The Bertz CT molecular complexity index is 919. The molecule has 57 heavy (non-hydrogen) atoms. The van der Waals surface area contributed by atoms with Crippen molar-refractivity contribution in [1.29, 1.82) is 0 Å². The van der Waals surface area contributed by atoms with Crippen LogP contribution in [0, 0.1) is 5.92 Å². The molecule has 1 aliphatic heterocycles. The Balaban J connectivity index is 2.26. The van der Waals surface area contributed by atoms with Crippen molar-refractivity contribution >= 4 is 5.91 Å². The molecule has 1 aliphatic rings. The lowest BCUT2D eigenvalue weighted by Gasteiger charge is -2.40. The second-order valence-electron chi connectivity index (χ2n) is 17.5. The molecule has 1 amide bonds. The maximum Gasteiger partial charge on any atom is 0.220 e. The normalized spacial score (nSPS) is 21.6. The fraction of sp³-hybridized carbons (Fsp3) is 0.938. The molecule has 0 spiro atoms. The molecule has 0 aliphatic carbocycles. The van der Waals surface area contributed by atoms with Crippen molar-refractivity contribution in [3.8, 4) is 0 Å². The summed E-state index contributed by atoms with van der Waals surface area (Å²) in [4.78, 5) is 13.0. The van der Waals surface area contributed by atoms with E-state index in [1.165, 1.54) is 161 Å². The van der Waals surface area contributed by atoms with E-state index in [0.717, 1.165) is 44.4 Å². The lowest BCUT2D eigenvalue weighted by atomic mass is 9.99. The van der Waals surface area contributed by atoms with Gasteiger partial charge in [-0.05, 0) is 25.2 Å². The van der Waals surface area contributed by atoms with Crippen LogP contribution >= 0.6 is 0 Å². The maximum atomic E-state index is 13.0. The Morgan fingerprint density at radius 3 is 1.58 bits per heavy atom. The number of aliphatic hydroxyl groups is 5. The number of carbonyl (C=O) groups excluding carboxylic acids is 1. The first kappa shape index (κ1) is 53.9. The molecule has 9 heteroatoms. The highest BCUT2D eigenvalue weighted by Crippen LogP contribution is 2.23. The van der Waals surface area contributed by atoms with Gasteiger partial charge in [0.15, 0.2) is 6.29 Å². The molecular weight excluding hydrogens is 719 g/mol.